The highest BCUT2D eigenvalue weighted by Gasteiger charge is 2.21. The minimum atomic E-state index is -0.914. The van der Waals surface area contributed by atoms with Crippen LogP contribution in [0.2, 0.25) is 5.02 Å². The zero-order valence-electron chi connectivity index (χ0n) is 14.2. The van der Waals surface area contributed by atoms with Crippen molar-refractivity contribution in [2.24, 2.45) is 0 Å². The Morgan fingerprint density at radius 2 is 1.96 bits per heavy atom. The zero-order chi connectivity index (χ0) is 18.4. The van der Waals surface area contributed by atoms with Crippen LogP contribution in [-0.4, -0.2) is 15.6 Å². The van der Waals surface area contributed by atoms with E-state index in [2.05, 4.69) is 26.0 Å². The maximum Gasteiger partial charge on any atom is 0.352 e. The fourth-order valence-electron chi connectivity index (χ4n) is 3.23. The molecule has 3 nitrogen and oxygen atoms in total. The lowest BCUT2D eigenvalue weighted by Crippen LogP contribution is -2.09. The summed E-state index contributed by atoms with van der Waals surface area (Å²) >= 11 is 9.52. The van der Waals surface area contributed by atoms with E-state index < -0.39 is 5.97 Å². The lowest BCUT2D eigenvalue weighted by Gasteiger charge is -2.10. The Balaban J connectivity index is 1.89. The Hall–Kier alpha value is -2.08. The molecular weight excluding hydrogens is 386 g/mol. The standard InChI is InChI=1S/C20H16ClNO2S2/c1-11-6-7-16(25-11)19-12(2)18-17(26-19)9-15(20(23)24)22(18)10-13-4-3-5-14(21)8-13/h3-9H,10H2,1-2H3,(H,23,24). The molecule has 132 valence electrons. The van der Waals surface area contributed by atoms with Crippen molar-refractivity contribution in [2.75, 3.05) is 0 Å². The molecule has 6 heteroatoms. The zero-order valence-corrected chi connectivity index (χ0v) is 16.6. The quantitative estimate of drug-likeness (QED) is 0.427. The van der Waals surface area contributed by atoms with Crippen LogP contribution in [0, 0.1) is 13.8 Å². The van der Waals surface area contributed by atoms with Crippen molar-refractivity contribution in [1.82, 2.24) is 4.57 Å². The lowest BCUT2D eigenvalue weighted by molar-refractivity contribution is 0.0686. The Labute approximate surface area is 164 Å². The van der Waals surface area contributed by atoms with Gasteiger partial charge >= 0.3 is 5.97 Å². The molecule has 0 radical (unpaired) electrons. The minimum Gasteiger partial charge on any atom is -0.477 e. The number of carboxylic acid groups (broad SMARTS) is 1. The highest BCUT2D eigenvalue weighted by Crippen LogP contribution is 2.42. The largest absolute Gasteiger partial charge is 0.477 e. The SMILES string of the molecule is Cc1ccc(-c2sc3cc(C(=O)O)n(Cc4cccc(Cl)c4)c3c2C)s1. The van der Waals surface area contributed by atoms with Gasteiger partial charge in [-0.25, -0.2) is 4.79 Å². The van der Waals surface area contributed by atoms with Gasteiger partial charge in [-0.1, -0.05) is 23.7 Å². The molecule has 0 bridgehead atoms. The van der Waals surface area contributed by atoms with Crippen molar-refractivity contribution in [3.8, 4) is 9.75 Å². The van der Waals surface area contributed by atoms with Crippen LogP contribution >= 0.6 is 34.3 Å². The number of aromatic carboxylic acids is 1. The van der Waals surface area contributed by atoms with Crippen LogP contribution in [0.25, 0.3) is 20.0 Å². The molecule has 0 aliphatic rings. The van der Waals surface area contributed by atoms with Crippen LogP contribution in [0.5, 0.6) is 0 Å². The number of nitrogens with zero attached hydrogens (tertiary/aromatic N) is 1. The number of halogens is 1. The molecule has 3 heterocycles. The van der Waals surface area contributed by atoms with Gasteiger partial charge in [0.1, 0.15) is 5.69 Å². The van der Waals surface area contributed by atoms with Crippen LogP contribution in [0.4, 0.5) is 0 Å². The van der Waals surface area contributed by atoms with E-state index >= 15 is 0 Å². The number of thiophene rings is 2. The van der Waals surface area contributed by atoms with E-state index in [1.807, 2.05) is 28.8 Å². The van der Waals surface area contributed by atoms with E-state index in [0.29, 0.717) is 17.3 Å². The molecule has 4 aromatic rings. The number of rotatable bonds is 4. The van der Waals surface area contributed by atoms with Gasteiger partial charge in [0.25, 0.3) is 0 Å². The fraction of sp³-hybridized carbons (Fsp3) is 0.150. The molecule has 0 saturated carbocycles. The molecule has 3 aromatic heterocycles. The second-order valence-corrected chi connectivity index (χ2v) is 9.01. The highest BCUT2D eigenvalue weighted by molar-refractivity contribution is 7.26. The van der Waals surface area contributed by atoms with Gasteiger partial charge in [-0.3, -0.25) is 0 Å². The average molecular weight is 402 g/mol. The number of carbonyl (C=O) groups is 1. The Bertz CT molecular complexity index is 1140. The molecular formula is C20H16ClNO2S2. The van der Waals surface area contributed by atoms with E-state index in [1.54, 1.807) is 28.7 Å². The second-order valence-electron chi connectivity index (χ2n) is 6.23. The fourth-order valence-corrected chi connectivity index (χ4v) is 5.73. The first kappa shape index (κ1) is 17.3. The highest BCUT2D eigenvalue weighted by atomic mass is 35.5. The van der Waals surface area contributed by atoms with E-state index in [0.717, 1.165) is 21.3 Å². The summed E-state index contributed by atoms with van der Waals surface area (Å²) in [5.74, 6) is -0.914. The van der Waals surface area contributed by atoms with E-state index in [1.165, 1.54) is 14.6 Å². The van der Waals surface area contributed by atoms with Crippen LogP contribution in [0.3, 0.4) is 0 Å². The molecule has 1 N–H and O–H groups in total. The molecule has 1 aromatic carbocycles. The maximum atomic E-state index is 11.8. The minimum absolute atomic E-state index is 0.309. The second kappa shape index (κ2) is 6.58. The summed E-state index contributed by atoms with van der Waals surface area (Å²) in [6.07, 6.45) is 0. The summed E-state index contributed by atoms with van der Waals surface area (Å²) in [5.41, 5.74) is 3.41. The monoisotopic (exact) mass is 401 g/mol. The normalized spacial score (nSPS) is 11.3. The number of hydrogen-bond donors (Lipinski definition) is 1. The van der Waals surface area contributed by atoms with Crippen molar-refractivity contribution in [3.05, 3.63) is 69.2 Å². The third-order valence-corrected chi connectivity index (χ3v) is 7.03. The summed E-state index contributed by atoms with van der Waals surface area (Å²) in [6.45, 7) is 4.65. The van der Waals surface area contributed by atoms with Gasteiger partial charge in [-0.05, 0) is 55.3 Å². The van der Waals surface area contributed by atoms with Gasteiger partial charge in [-0.15, -0.1) is 22.7 Å². The summed E-state index contributed by atoms with van der Waals surface area (Å²) in [6, 6.07) is 13.6. The van der Waals surface area contributed by atoms with Gasteiger partial charge in [-0.2, -0.15) is 0 Å². The first-order valence-electron chi connectivity index (χ1n) is 8.11. The maximum absolute atomic E-state index is 11.8. The number of aryl methyl sites for hydroxylation is 2. The third-order valence-electron chi connectivity index (χ3n) is 4.38. The molecule has 0 amide bonds. The number of aromatic nitrogens is 1. The molecule has 0 aliphatic carbocycles. The number of carboxylic acids is 1. The Morgan fingerprint density at radius 3 is 2.62 bits per heavy atom. The topological polar surface area (TPSA) is 42.2 Å². The van der Waals surface area contributed by atoms with Gasteiger partial charge in [0, 0.05) is 26.2 Å². The van der Waals surface area contributed by atoms with Crippen LogP contribution < -0.4 is 0 Å². The van der Waals surface area contributed by atoms with Gasteiger partial charge in [0.15, 0.2) is 0 Å². The smallest absolute Gasteiger partial charge is 0.352 e. The molecule has 0 atom stereocenters. The Kier molecular flexibility index (Phi) is 4.39. The van der Waals surface area contributed by atoms with Gasteiger partial charge in [0.2, 0.25) is 0 Å². The van der Waals surface area contributed by atoms with Crippen LogP contribution in [0.1, 0.15) is 26.5 Å². The van der Waals surface area contributed by atoms with Gasteiger partial charge < -0.3 is 9.67 Å². The molecule has 0 saturated heterocycles. The predicted molar refractivity (Wildman–Crippen MR) is 110 cm³/mol. The van der Waals surface area contributed by atoms with Gasteiger partial charge in [0.05, 0.1) is 10.2 Å². The number of benzene rings is 1. The predicted octanol–water partition coefficient (Wildman–Crippen LogP) is 6.45. The number of hydrogen-bond acceptors (Lipinski definition) is 3. The summed E-state index contributed by atoms with van der Waals surface area (Å²) in [5, 5.41) is 10.3. The van der Waals surface area contributed by atoms with E-state index in [9.17, 15) is 9.90 Å². The third kappa shape index (κ3) is 2.96. The summed E-state index contributed by atoms with van der Waals surface area (Å²) in [4.78, 5) is 15.5. The molecule has 0 spiro atoms. The Morgan fingerprint density at radius 1 is 1.15 bits per heavy atom. The molecule has 4 rings (SSSR count). The van der Waals surface area contributed by atoms with Crippen molar-refractivity contribution >= 4 is 50.5 Å². The summed E-state index contributed by atoms with van der Waals surface area (Å²) in [7, 11) is 0. The number of fused-ring (bicyclic) bond motifs is 1. The summed E-state index contributed by atoms with van der Waals surface area (Å²) < 4.78 is 2.89. The van der Waals surface area contributed by atoms with Crippen molar-refractivity contribution in [3.63, 3.8) is 0 Å². The lowest BCUT2D eigenvalue weighted by atomic mass is 10.2. The average Bonchev–Trinajstić information content (AvgIpc) is 3.24. The molecule has 0 aliphatic heterocycles. The first-order valence-corrected chi connectivity index (χ1v) is 10.1. The van der Waals surface area contributed by atoms with Crippen molar-refractivity contribution in [1.29, 1.82) is 0 Å². The molecule has 0 unspecified atom stereocenters. The molecule has 26 heavy (non-hydrogen) atoms. The molecule has 0 fully saturated rings. The van der Waals surface area contributed by atoms with E-state index in [-0.39, 0.29) is 0 Å². The van der Waals surface area contributed by atoms with Crippen molar-refractivity contribution < 1.29 is 9.90 Å². The van der Waals surface area contributed by atoms with Crippen LogP contribution in [-0.2, 0) is 6.54 Å². The van der Waals surface area contributed by atoms with E-state index in [4.69, 9.17) is 11.6 Å². The van der Waals surface area contributed by atoms with Crippen LogP contribution in [0.15, 0.2) is 42.5 Å². The van der Waals surface area contributed by atoms with Crippen molar-refractivity contribution in [2.45, 2.75) is 20.4 Å². The first-order chi connectivity index (χ1) is 12.4.